The van der Waals surface area contributed by atoms with Crippen molar-refractivity contribution in [1.82, 2.24) is 9.80 Å². The molecule has 4 heteroatoms. The number of carbonyl (C=O) groups excluding carboxylic acids is 1. The lowest BCUT2D eigenvalue weighted by atomic mass is 10.1. The van der Waals surface area contributed by atoms with E-state index >= 15 is 0 Å². The summed E-state index contributed by atoms with van der Waals surface area (Å²) in [4.78, 5) is 15.3. The van der Waals surface area contributed by atoms with E-state index in [0.717, 1.165) is 5.56 Å². The van der Waals surface area contributed by atoms with Crippen LogP contribution in [0.3, 0.4) is 0 Å². The summed E-state index contributed by atoms with van der Waals surface area (Å²) >= 11 is 0. The summed E-state index contributed by atoms with van der Waals surface area (Å²) in [5.74, 6) is -0.391. The van der Waals surface area contributed by atoms with Crippen molar-refractivity contribution in [3.63, 3.8) is 0 Å². The Hall–Kier alpha value is -1.42. The van der Waals surface area contributed by atoms with Gasteiger partial charge in [0.15, 0.2) is 0 Å². The Morgan fingerprint density at radius 1 is 1.29 bits per heavy atom. The molecule has 0 saturated heterocycles. The van der Waals surface area contributed by atoms with Gasteiger partial charge in [0, 0.05) is 7.05 Å². The first-order chi connectivity index (χ1) is 7.90. The van der Waals surface area contributed by atoms with Crippen molar-refractivity contribution in [3.8, 4) is 0 Å². The third-order valence-corrected chi connectivity index (χ3v) is 2.47. The molecule has 0 aliphatic heterocycles. The second kappa shape index (κ2) is 5.77. The van der Waals surface area contributed by atoms with Crippen LogP contribution >= 0.6 is 0 Å². The first-order valence-electron chi connectivity index (χ1n) is 5.54. The summed E-state index contributed by atoms with van der Waals surface area (Å²) in [5.41, 5.74) is 1.31. The van der Waals surface area contributed by atoms with E-state index in [4.69, 9.17) is 0 Å². The molecule has 0 heterocycles. The molecule has 0 fully saturated rings. The number of halogens is 1. The predicted molar refractivity (Wildman–Crippen MR) is 66.2 cm³/mol. The predicted octanol–water partition coefficient (Wildman–Crippen LogP) is 1.65. The van der Waals surface area contributed by atoms with E-state index in [2.05, 4.69) is 0 Å². The molecule has 1 amide bonds. The number of hydrogen-bond donors (Lipinski definition) is 0. The molecule has 0 aliphatic carbocycles. The van der Waals surface area contributed by atoms with Crippen LogP contribution in [0.5, 0.6) is 0 Å². The molecule has 3 nitrogen and oxygen atoms in total. The molecule has 1 rings (SSSR count). The fourth-order valence-electron chi connectivity index (χ4n) is 1.60. The molecule has 0 atom stereocenters. The molecular formula is C13H19FN2O. The molecule has 94 valence electrons. The summed E-state index contributed by atoms with van der Waals surface area (Å²) in [6, 6.07) is 4.94. The van der Waals surface area contributed by atoms with Crippen LogP contribution < -0.4 is 0 Å². The number of amides is 1. The maximum atomic E-state index is 13.6. The van der Waals surface area contributed by atoms with Crippen molar-refractivity contribution >= 4 is 5.91 Å². The molecule has 0 spiro atoms. The first kappa shape index (κ1) is 13.6. The number of nitrogens with zero attached hydrogens (tertiary/aromatic N) is 2. The second-order valence-electron chi connectivity index (χ2n) is 4.58. The average Bonchev–Trinajstić information content (AvgIpc) is 2.21. The fraction of sp³-hybridized carbons (Fsp3) is 0.462. The number of benzene rings is 1. The van der Waals surface area contributed by atoms with Crippen LogP contribution in [0.1, 0.15) is 11.1 Å². The minimum absolute atomic E-state index is 0.0820. The van der Waals surface area contributed by atoms with Gasteiger partial charge in [0.1, 0.15) is 5.82 Å². The number of likely N-dealkylation sites (N-methyl/N-ethyl adjacent to an activating group) is 1. The highest BCUT2D eigenvalue weighted by Gasteiger charge is 2.12. The first-order valence-corrected chi connectivity index (χ1v) is 5.54. The van der Waals surface area contributed by atoms with Crippen LogP contribution in [0.2, 0.25) is 0 Å². The van der Waals surface area contributed by atoms with E-state index in [1.54, 1.807) is 18.0 Å². The summed E-state index contributed by atoms with van der Waals surface area (Å²) in [6.07, 6.45) is 0.108. The SMILES string of the molecule is Cc1ccc(CC(=O)N(C)CN(C)C)c(F)c1. The molecule has 0 bridgehead atoms. The zero-order valence-corrected chi connectivity index (χ0v) is 10.8. The van der Waals surface area contributed by atoms with Crippen LogP contribution in [0, 0.1) is 12.7 Å². The Morgan fingerprint density at radius 3 is 2.47 bits per heavy atom. The minimum atomic E-state index is -0.309. The van der Waals surface area contributed by atoms with Gasteiger partial charge in [0.25, 0.3) is 0 Å². The Balaban J connectivity index is 2.67. The van der Waals surface area contributed by atoms with Gasteiger partial charge in [0.05, 0.1) is 13.1 Å². The van der Waals surface area contributed by atoms with Crippen LogP contribution in [-0.4, -0.2) is 43.5 Å². The lowest BCUT2D eigenvalue weighted by molar-refractivity contribution is -0.130. The van der Waals surface area contributed by atoms with E-state index in [-0.39, 0.29) is 18.1 Å². The zero-order chi connectivity index (χ0) is 13.0. The summed E-state index contributed by atoms with van der Waals surface area (Å²) in [6.45, 7) is 2.36. The topological polar surface area (TPSA) is 23.6 Å². The van der Waals surface area contributed by atoms with Gasteiger partial charge in [-0.25, -0.2) is 4.39 Å². The normalized spacial score (nSPS) is 10.7. The van der Waals surface area contributed by atoms with E-state index in [9.17, 15) is 9.18 Å². The molecule has 0 unspecified atom stereocenters. The highest BCUT2D eigenvalue weighted by Crippen LogP contribution is 2.11. The number of rotatable bonds is 4. The van der Waals surface area contributed by atoms with Crippen molar-refractivity contribution in [2.45, 2.75) is 13.3 Å². The second-order valence-corrected chi connectivity index (χ2v) is 4.58. The Labute approximate surface area is 102 Å². The average molecular weight is 238 g/mol. The molecule has 17 heavy (non-hydrogen) atoms. The van der Waals surface area contributed by atoms with Crippen molar-refractivity contribution in [1.29, 1.82) is 0 Å². The molecular weight excluding hydrogens is 219 g/mol. The molecule has 0 radical (unpaired) electrons. The standard InChI is InChI=1S/C13H19FN2O/c1-10-5-6-11(12(14)7-10)8-13(17)16(4)9-15(2)3/h5-7H,8-9H2,1-4H3. The van der Waals surface area contributed by atoms with Gasteiger partial charge >= 0.3 is 0 Å². The molecule has 1 aromatic rings. The van der Waals surface area contributed by atoms with Crippen molar-refractivity contribution < 1.29 is 9.18 Å². The van der Waals surface area contributed by atoms with Crippen LogP contribution in [0.4, 0.5) is 4.39 Å². The Kier molecular flexibility index (Phi) is 4.63. The van der Waals surface area contributed by atoms with Gasteiger partial charge in [-0.1, -0.05) is 12.1 Å². The third kappa shape index (κ3) is 4.15. The number of hydrogen-bond acceptors (Lipinski definition) is 2. The summed E-state index contributed by atoms with van der Waals surface area (Å²) < 4.78 is 13.6. The van der Waals surface area contributed by atoms with Crippen LogP contribution in [0.25, 0.3) is 0 Å². The third-order valence-electron chi connectivity index (χ3n) is 2.47. The molecule has 0 saturated carbocycles. The lowest BCUT2D eigenvalue weighted by Crippen LogP contribution is -2.36. The summed E-state index contributed by atoms with van der Waals surface area (Å²) in [5, 5.41) is 0. The van der Waals surface area contributed by atoms with Crippen LogP contribution in [0.15, 0.2) is 18.2 Å². The molecule has 0 aliphatic rings. The van der Waals surface area contributed by atoms with Crippen molar-refractivity contribution in [2.75, 3.05) is 27.8 Å². The lowest BCUT2D eigenvalue weighted by Gasteiger charge is -2.21. The maximum absolute atomic E-state index is 13.6. The van der Waals surface area contributed by atoms with Crippen molar-refractivity contribution in [2.24, 2.45) is 0 Å². The molecule has 0 aromatic heterocycles. The summed E-state index contributed by atoms with van der Waals surface area (Å²) in [7, 11) is 5.49. The fourth-order valence-corrected chi connectivity index (χ4v) is 1.60. The van der Waals surface area contributed by atoms with Gasteiger partial charge in [-0.3, -0.25) is 9.69 Å². The van der Waals surface area contributed by atoms with Gasteiger partial charge in [-0.05, 0) is 38.2 Å². The maximum Gasteiger partial charge on any atom is 0.227 e. The molecule has 0 N–H and O–H groups in total. The van der Waals surface area contributed by atoms with E-state index in [0.29, 0.717) is 12.2 Å². The van der Waals surface area contributed by atoms with Gasteiger partial charge < -0.3 is 4.90 Å². The van der Waals surface area contributed by atoms with E-state index < -0.39 is 0 Å². The largest absolute Gasteiger partial charge is 0.332 e. The zero-order valence-electron chi connectivity index (χ0n) is 10.8. The quantitative estimate of drug-likeness (QED) is 0.745. The van der Waals surface area contributed by atoms with Gasteiger partial charge in [0.2, 0.25) is 5.91 Å². The smallest absolute Gasteiger partial charge is 0.227 e. The van der Waals surface area contributed by atoms with Crippen LogP contribution in [-0.2, 0) is 11.2 Å². The Bertz CT molecular complexity index is 404. The minimum Gasteiger partial charge on any atom is -0.332 e. The number of carbonyl (C=O) groups is 1. The Morgan fingerprint density at radius 2 is 1.94 bits per heavy atom. The van der Waals surface area contributed by atoms with E-state index in [1.807, 2.05) is 32.0 Å². The molecule has 1 aromatic carbocycles. The van der Waals surface area contributed by atoms with Crippen molar-refractivity contribution in [3.05, 3.63) is 35.1 Å². The van der Waals surface area contributed by atoms with Gasteiger partial charge in [-0.15, -0.1) is 0 Å². The number of aryl methyl sites for hydroxylation is 1. The highest BCUT2D eigenvalue weighted by atomic mass is 19.1. The van der Waals surface area contributed by atoms with Gasteiger partial charge in [-0.2, -0.15) is 0 Å². The highest BCUT2D eigenvalue weighted by molar-refractivity contribution is 5.78. The monoisotopic (exact) mass is 238 g/mol. The van der Waals surface area contributed by atoms with E-state index in [1.165, 1.54) is 6.07 Å².